The third kappa shape index (κ3) is 4.90. The Hall–Kier alpha value is -1.25. The molecular formula is C18H30N2O. The maximum absolute atomic E-state index is 6.18. The summed E-state index contributed by atoms with van der Waals surface area (Å²) in [6.45, 7) is 8.89. The Labute approximate surface area is 129 Å². The van der Waals surface area contributed by atoms with E-state index in [1.54, 1.807) is 0 Å². The summed E-state index contributed by atoms with van der Waals surface area (Å²) < 4.78 is 6.18. The van der Waals surface area contributed by atoms with E-state index < -0.39 is 0 Å². The van der Waals surface area contributed by atoms with E-state index in [2.05, 4.69) is 36.7 Å². The molecule has 1 aliphatic rings. The molecule has 21 heavy (non-hydrogen) atoms. The zero-order chi connectivity index (χ0) is 15.1. The topological polar surface area (TPSA) is 25.4 Å². The molecular weight excluding hydrogens is 260 g/mol. The molecule has 1 fully saturated rings. The van der Waals surface area contributed by atoms with Crippen molar-refractivity contribution in [2.24, 2.45) is 5.92 Å². The van der Waals surface area contributed by atoms with Gasteiger partial charge in [0.1, 0.15) is 11.6 Å². The SMILES string of the molecule is CCCN(CCC)c1cc(OC2CCC(C)CC2)ccn1. The summed E-state index contributed by atoms with van der Waals surface area (Å²) in [5, 5.41) is 0. The third-order valence-electron chi connectivity index (χ3n) is 4.29. The van der Waals surface area contributed by atoms with Crippen LogP contribution in [0, 0.1) is 5.92 Å². The van der Waals surface area contributed by atoms with Gasteiger partial charge in [-0.15, -0.1) is 0 Å². The van der Waals surface area contributed by atoms with Crippen LogP contribution in [0.5, 0.6) is 5.75 Å². The van der Waals surface area contributed by atoms with Crippen LogP contribution in [0.3, 0.4) is 0 Å². The Kier molecular flexibility index (Phi) is 6.34. The molecule has 118 valence electrons. The highest BCUT2D eigenvalue weighted by atomic mass is 16.5. The molecule has 0 radical (unpaired) electrons. The van der Waals surface area contributed by atoms with E-state index in [4.69, 9.17) is 4.74 Å². The minimum atomic E-state index is 0.391. The molecule has 0 aliphatic heterocycles. The van der Waals surface area contributed by atoms with E-state index in [9.17, 15) is 0 Å². The molecule has 1 aromatic heterocycles. The van der Waals surface area contributed by atoms with Gasteiger partial charge in [-0.25, -0.2) is 4.98 Å². The first-order valence-corrected chi connectivity index (χ1v) is 8.60. The molecule has 1 heterocycles. The summed E-state index contributed by atoms with van der Waals surface area (Å²) in [4.78, 5) is 6.88. The Morgan fingerprint density at radius 3 is 2.43 bits per heavy atom. The number of ether oxygens (including phenoxy) is 1. The smallest absolute Gasteiger partial charge is 0.132 e. The highest BCUT2D eigenvalue weighted by Gasteiger charge is 2.19. The molecule has 2 rings (SSSR count). The lowest BCUT2D eigenvalue weighted by molar-refractivity contribution is 0.135. The van der Waals surface area contributed by atoms with Crippen molar-refractivity contribution in [1.29, 1.82) is 0 Å². The highest BCUT2D eigenvalue weighted by molar-refractivity contribution is 5.43. The molecule has 3 nitrogen and oxygen atoms in total. The van der Waals surface area contributed by atoms with Crippen LogP contribution in [0.4, 0.5) is 5.82 Å². The number of aromatic nitrogens is 1. The summed E-state index contributed by atoms with van der Waals surface area (Å²) >= 11 is 0. The molecule has 0 atom stereocenters. The van der Waals surface area contributed by atoms with Gasteiger partial charge in [0.25, 0.3) is 0 Å². The van der Waals surface area contributed by atoms with Crippen LogP contribution in [0.1, 0.15) is 59.3 Å². The molecule has 3 heteroatoms. The summed E-state index contributed by atoms with van der Waals surface area (Å²) in [6.07, 6.45) is 9.52. The van der Waals surface area contributed by atoms with Crippen LogP contribution in [0.2, 0.25) is 0 Å². The largest absolute Gasteiger partial charge is 0.490 e. The number of pyridine rings is 1. The van der Waals surface area contributed by atoms with Crippen LogP contribution in [-0.2, 0) is 0 Å². The standard InChI is InChI=1S/C18H30N2O/c1-4-12-20(13-5-2)18-14-17(10-11-19-18)21-16-8-6-15(3)7-9-16/h10-11,14-16H,4-9,12-13H2,1-3H3. The average Bonchev–Trinajstić information content (AvgIpc) is 2.50. The van der Waals surface area contributed by atoms with Gasteiger partial charge in [0.05, 0.1) is 6.10 Å². The second-order valence-electron chi connectivity index (χ2n) is 6.34. The quantitative estimate of drug-likeness (QED) is 0.730. The molecule has 0 spiro atoms. The number of nitrogens with zero attached hydrogens (tertiary/aromatic N) is 2. The second kappa shape index (κ2) is 8.26. The summed E-state index contributed by atoms with van der Waals surface area (Å²) in [7, 11) is 0. The molecule has 1 saturated carbocycles. The van der Waals surface area contributed by atoms with Gasteiger partial charge in [-0.1, -0.05) is 20.8 Å². The summed E-state index contributed by atoms with van der Waals surface area (Å²) in [6, 6.07) is 4.11. The zero-order valence-corrected chi connectivity index (χ0v) is 13.8. The first-order valence-electron chi connectivity index (χ1n) is 8.60. The third-order valence-corrected chi connectivity index (χ3v) is 4.29. The van der Waals surface area contributed by atoms with Gasteiger partial charge in [0.15, 0.2) is 0 Å². The molecule has 0 saturated heterocycles. The van der Waals surface area contributed by atoms with Gasteiger partial charge in [-0.2, -0.15) is 0 Å². The maximum Gasteiger partial charge on any atom is 0.132 e. The van der Waals surface area contributed by atoms with Crippen LogP contribution >= 0.6 is 0 Å². The molecule has 1 aliphatic carbocycles. The monoisotopic (exact) mass is 290 g/mol. The van der Waals surface area contributed by atoms with Crippen molar-refractivity contribution < 1.29 is 4.74 Å². The van der Waals surface area contributed by atoms with Gasteiger partial charge in [-0.05, 0) is 50.5 Å². The Morgan fingerprint density at radius 1 is 1.14 bits per heavy atom. The lowest BCUT2D eigenvalue weighted by atomic mass is 9.89. The lowest BCUT2D eigenvalue weighted by Gasteiger charge is -2.27. The van der Waals surface area contributed by atoms with Crippen molar-refractivity contribution in [3.63, 3.8) is 0 Å². The maximum atomic E-state index is 6.18. The predicted molar refractivity (Wildman–Crippen MR) is 89.1 cm³/mol. The van der Waals surface area contributed by atoms with Crippen molar-refractivity contribution in [1.82, 2.24) is 4.98 Å². The Morgan fingerprint density at radius 2 is 1.81 bits per heavy atom. The molecule has 0 aromatic carbocycles. The molecule has 0 bridgehead atoms. The zero-order valence-electron chi connectivity index (χ0n) is 13.8. The first kappa shape index (κ1) is 16.1. The van der Waals surface area contributed by atoms with Gasteiger partial charge >= 0.3 is 0 Å². The number of anilines is 1. The van der Waals surface area contributed by atoms with Crippen molar-refractivity contribution in [2.45, 2.75) is 65.4 Å². The normalized spacial score (nSPS) is 22.0. The Bertz CT molecular complexity index is 407. The summed E-state index contributed by atoms with van der Waals surface area (Å²) in [5.74, 6) is 2.90. The molecule has 0 N–H and O–H groups in total. The van der Waals surface area contributed by atoms with Crippen LogP contribution < -0.4 is 9.64 Å². The number of rotatable bonds is 7. The van der Waals surface area contributed by atoms with E-state index in [0.717, 1.165) is 43.4 Å². The van der Waals surface area contributed by atoms with Gasteiger partial charge < -0.3 is 9.64 Å². The minimum Gasteiger partial charge on any atom is -0.490 e. The van der Waals surface area contributed by atoms with Gasteiger partial charge in [0.2, 0.25) is 0 Å². The number of hydrogen-bond donors (Lipinski definition) is 0. The number of hydrogen-bond acceptors (Lipinski definition) is 3. The van der Waals surface area contributed by atoms with Crippen LogP contribution in [0.15, 0.2) is 18.3 Å². The fraction of sp³-hybridized carbons (Fsp3) is 0.722. The van der Waals surface area contributed by atoms with Crippen molar-refractivity contribution >= 4 is 5.82 Å². The van der Waals surface area contributed by atoms with E-state index in [0.29, 0.717) is 6.10 Å². The average molecular weight is 290 g/mol. The van der Waals surface area contributed by atoms with E-state index >= 15 is 0 Å². The summed E-state index contributed by atoms with van der Waals surface area (Å²) in [5.41, 5.74) is 0. The first-order chi connectivity index (χ1) is 10.2. The Balaban J connectivity index is 1.99. The van der Waals surface area contributed by atoms with E-state index in [1.807, 2.05) is 12.3 Å². The molecule has 0 amide bonds. The van der Waals surface area contributed by atoms with Crippen molar-refractivity contribution in [3.8, 4) is 5.75 Å². The molecule has 0 unspecified atom stereocenters. The van der Waals surface area contributed by atoms with E-state index in [-0.39, 0.29) is 0 Å². The fourth-order valence-electron chi connectivity index (χ4n) is 3.07. The predicted octanol–water partition coefficient (Wildman–Crippen LogP) is 4.67. The highest BCUT2D eigenvalue weighted by Crippen LogP contribution is 2.28. The van der Waals surface area contributed by atoms with E-state index in [1.165, 1.54) is 25.7 Å². The fourth-order valence-corrected chi connectivity index (χ4v) is 3.07. The lowest BCUT2D eigenvalue weighted by Crippen LogP contribution is -2.26. The second-order valence-corrected chi connectivity index (χ2v) is 6.34. The van der Waals surface area contributed by atoms with Crippen LogP contribution in [-0.4, -0.2) is 24.2 Å². The van der Waals surface area contributed by atoms with Crippen molar-refractivity contribution in [3.05, 3.63) is 18.3 Å². The minimum absolute atomic E-state index is 0.391. The van der Waals surface area contributed by atoms with Crippen molar-refractivity contribution in [2.75, 3.05) is 18.0 Å². The van der Waals surface area contributed by atoms with Crippen LogP contribution in [0.25, 0.3) is 0 Å². The van der Waals surface area contributed by atoms with Gasteiger partial charge in [0, 0.05) is 25.4 Å². The molecule has 1 aromatic rings. The van der Waals surface area contributed by atoms with Gasteiger partial charge in [-0.3, -0.25) is 0 Å².